The minimum atomic E-state index is -0.168. The lowest BCUT2D eigenvalue weighted by atomic mass is 9.98. The highest BCUT2D eigenvalue weighted by atomic mass is 19.1. The van der Waals surface area contributed by atoms with Crippen molar-refractivity contribution in [3.05, 3.63) is 66.1 Å². The van der Waals surface area contributed by atoms with Crippen molar-refractivity contribution in [1.29, 1.82) is 0 Å². The second-order valence-electron chi connectivity index (χ2n) is 4.96. The number of fused-ring (bicyclic) bond motifs is 1. The molecule has 0 amide bonds. The average molecular weight is 280 g/mol. The molecular formula is C18H17FN2. The van der Waals surface area contributed by atoms with E-state index in [1.165, 1.54) is 6.07 Å². The third-order valence-corrected chi connectivity index (χ3v) is 3.57. The van der Waals surface area contributed by atoms with Crippen LogP contribution in [0, 0.1) is 5.82 Å². The molecule has 1 aromatic heterocycles. The van der Waals surface area contributed by atoms with E-state index in [2.05, 4.69) is 10.3 Å². The average Bonchev–Trinajstić information content (AvgIpc) is 2.54. The van der Waals surface area contributed by atoms with Crippen molar-refractivity contribution >= 4 is 10.9 Å². The molecule has 1 N–H and O–H groups in total. The van der Waals surface area contributed by atoms with Gasteiger partial charge in [-0.25, -0.2) is 4.39 Å². The van der Waals surface area contributed by atoms with Gasteiger partial charge in [0, 0.05) is 23.7 Å². The van der Waals surface area contributed by atoms with Crippen LogP contribution in [0.4, 0.5) is 4.39 Å². The maximum atomic E-state index is 13.9. The molecule has 0 spiro atoms. The highest BCUT2D eigenvalue weighted by molar-refractivity contribution is 5.94. The van der Waals surface area contributed by atoms with Gasteiger partial charge in [-0.2, -0.15) is 0 Å². The molecule has 0 bridgehead atoms. The molecule has 3 rings (SSSR count). The van der Waals surface area contributed by atoms with E-state index in [1.807, 2.05) is 49.4 Å². The van der Waals surface area contributed by atoms with Gasteiger partial charge >= 0.3 is 0 Å². The lowest BCUT2D eigenvalue weighted by Gasteiger charge is -2.10. The lowest BCUT2D eigenvalue weighted by molar-refractivity contribution is 0.593. The number of hydrogen-bond acceptors (Lipinski definition) is 2. The second kappa shape index (κ2) is 6.02. The van der Waals surface area contributed by atoms with Gasteiger partial charge in [-0.05, 0) is 41.9 Å². The molecule has 0 atom stereocenters. The number of benzene rings is 2. The van der Waals surface area contributed by atoms with E-state index in [0.717, 1.165) is 28.6 Å². The summed E-state index contributed by atoms with van der Waals surface area (Å²) in [4.78, 5) is 4.37. The molecule has 3 heteroatoms. The molecule has 2 nitrogen and oxygen atoms in total. The van der Waals surface area contributed by atoms with E-state index in [0.29, 0.717) is 12.1 Å². The number of rotatable bonds is 4. The Morgan fingerprint density at radius 2 is 2.00 bits per heavy atom. The van der Waals surface area contributed by atoms with E-state index in [1.54, 1.807) is 6.20 Å². The van der Waals surface area contributed by atoms with Gasteiger partial charge in [-0.15, -0.1) is 0 Å². The summed E-state index contributed by atoms with van der Waals surface area (Å²) >= 11 is 0. The van der Waals surface area contributed by atoms with Crippen LogP contribution in [-0.4, -0.2) is 11.5 Å². The predicted octanol–water partition coefficient (Wildman–Crippen LogP) is 4.15. The molecular weight excluding hydrogens is 263 g/mol. The summed E-state index contributed by atoms with van der Waals surface area (Å²) in [5.41, 5.74) is 3.74. The molecule has 0 saturated heterocycles. The van der Waals surface area contributed by atoms with Crippen molar-refractivity contribution in [3.63, 3.8) is 0 Å². The molecule has 0 fully saturated rings. The minimum Gasteiger partial charge on any atom is -0.313 e. The first kappa shape index (κ1) is 13.7. The summed E-state index contributed by atoms with van der Waals surface area (Å²) in [6.07, 6.45) is 1.79. The van der Waals surface area contributed by atoms with Crippen LogP contribution in [0.2, 0.25) is 0 Å². The van der Waals surface area contributed by atoms with Crippen LogP contribution < -0.4 is 5.32 Å². The summed E-state index contributed by atoms with van der Waals surface area (Å²) in [6.45, 7) is 3.37. The smallest absolute Gasteiger partial charge is 0.127 e. The fraction of sp³-hybridized carbons (Fsp3) is 0.167. The Hall–Kier alpha value is -2.26. The van der Waals surface area contributed by atoms with Crippen molar-refractivity contribution in [2.45, 2.75) is 13.5 Å². The van der Waals surface area contributed by atoms with Crippen LogP contribution in [0.1, 0.15) is 12.5 Å². The highest BCUT2D eigenvalue weighted by Gasteiger charge is 2.08. The molecule has 0 unspecified atom stereocenters. The SMILES string of the molecule is CCNCc1cc(-c2cccc3ncccc23)ccc1F. The zero-order valence-corrected chi connectivity index (χ0v) is 11.9. The zero-order valence-electron chi connectivity index (χ0n) is 11.9. The Labute approximate surface area is 123 Å². The third-order valence-electron chi connectivity index (χ3n) is 3.57. The third kappa shape index (κ3) is 2.78. The number of nitrogens with zero attached hydrogens (tertiary/aromatic N) is 1. The van der Waals surface area contributed by atoms with Crippen molar-refractivity contribution in [2.24, 2.45) is 0 Å². The Bertz CT molecular complexity index is 763. The Morgan fingerprint density at radius 3 is 2.86 bits per heavy atom. The van der Waals surface area contributed by atoms with Crippen LogP contribution in [0.15, 0.2) is 54.7 Å². The second-order valence-corrected chi connectivity index (χ2v) is 4.96. The van der Waals surface area contributed by atoms with E-state index in [-0.39, 0.29) is 5.82 Å². The van der Waals surface area contributed by atoms with Gasteiger partial charge in [0.05, 0.1) is 5.52 Å². The predicted molar refractivity (Wildman–Crippen MR) is 84.5 cm³/mol. The van der Waals surface area contributed by atoms with Gasteiger partial charge in [0.25, 0.3) is 0 Å². The quantitative estimate of drug-likeness (QED) is 0.776. The summed E-state index contributed by atoms with van der Waals surface area (Å²) < 4.78 is 13.9. The van der Waals surface area contributed by atoms with E-state index >= 15 is 0 Å². The lowest BCUT2D eigenvalue weighted by Crippen LogP contribution is -2.12. The number of aromatic nitrogens is 1. The van der Waals surface area contributed by atoms with Gasteiger partial charge in [0.15, 0.2) is 0 Å². The van der Waals surface area contributed by atoms with Gasteiger partial charge in [-0.1, -0.05) is 31.2 Å². The number of halogens is 1. The first-order valence-corrected chi connectivity index (χ1v) is 7.13. The molecule has 2 aromatic carbocycles. The number of hydrogen-bond donors (Lipinski definition) is 1. The van der Waals surface area contributed by atoms with Crippen molar-refractivity contribution in [2.75, 3.05) is 6.54 Å². The van der Waals surface area contributed by atoms with Crippen LogP contribution in [0.3, 0.4) is 0 Å². The summed E-state index contributed by atoms with van der Waals surface area (Å²) in [5.74, 6) is -0.168. The van der Waals surface area contributed by atoms with Gasteiger partial charge in [0.2, 0.25) is 0 Å². The molecule has 1 heterocycles. The zero-order chi connectivity index (χ0) is 14.7. The monoisotopic (exact) mass is 280 g/mol. The Balaban J connectivity index is 2.10. The first-order valence-electron chi connectivity index (χ1n) is 7.13. The van der Waals surface area contributed by atoms with Crippen LogP contribution >= 0.6 is 0 Å². The van der Waals surface area contributed by atoms with Crippen molar-refractivity contribution in [3.8, 4) is 11.1 Å². The molecule has 21 heavy (non-hydrogen) atoms. The largest absolute Gasteiger partial charge is 0.313 e. The van der Waals surface area contributed by atoms with E-state index in [9.17, 15) is 4.39 Å². The fourth-order valence-electron chi connectivity index (χ4n) is 2.49. The van der Waals surface area contributed by atoms with E-state index < -0.39 is 0 Å². The van der Waals surface area contributed by atoms with Gasteiger partial charge in [0.1, 0.15) is 5.82 Å². The highest BCUT2D eigenvalue weighted by Crippen LogP contribution is 2.28. The fourth-order valence-corrected chi connectivity index (χ4v) is 2.49. The molecule has 0 radical (unpaired) electrons. The van der Waals surface area contributed by atoms with Gasteiger partial charge < -0.3 is 5.32 Å². The molecule has 0 saturated carbocycles. The Morgan fingerprint density at radius 1 is 1.10 bits per heavy atom. The van der Waals surface area contributed by atoms with E-state index in [4.69, 9.17) is 0 Å². The normalized spacial score (nSPS) is 11.0. The minimum absolute atomic E-state index is 0.168. The number of nitrogens with one attached hydrogen (secondary N) is 1. The van der Waals surface area contributed by atoms with Crippen LogP contribution in [-0.2, 0) is 6.54 Å². The molecule has 106 valence electrons. The summed E-state index contributed by atoms with van der Waals surface area (Å²) in [6, 6.07) is 15.3. The number of pyridine rings is 1. The maximum absolute atomic E-state index is 13.9. The molecule has 0 aliphatic heterocycles. The topological polar surface area (TPSA) is 24.9 Å². The molecule has 0 aliphatic carbocycles. The maximum Gasteiger partial charge on any atom is 0.127 e. The van der Waals surface area contributed by atoms with Crippen molar-refractivity contribution in [1.82, 2.24) is 10.3 Å². The van der Waals surface area contributed by atoms with Crippen LogP contribution in [0.5, 0.6) is 0 Å². The van der Waals surface area contributed by atoms with Crippen LogP contribution in [0.25, 0.3) is 22.0 Å². The van der Waals surface area contributed by atoms with Gasteiger partial charge in [-0.3, -0.25) is 4.98 Å². The summed E-state index contributed by atoms with van der Waals surface area (Å²) in [5, 5.41) is 4.25. The molecule has 3 aromatic rings. The van der Waals surface area contributed by atoms with Crippen molar-refractivity contribution < 1.29 is 4.39 Å². The first-order chi connectivity index (χ1) is 10.3. The molecule has 0 aliphatic rings. The standard InChI is InChI=1S/C18H17FN2/c1-2-20-12-14-11-13(8-9-17(14)19)15-5-3-7-18-16(15)6-4-10-21-18/h3-11,20H,2,12H2,1H3. The summed E-state index contributed by atoms with van der Waals surface area (Å²) in [7, 11) is 0. The Kier molecular flexibility index (Phi) is 3.93.